The second kappa shape index (κ2) is 11.5. The van der Waals surface area contributed by atoms with Gasteiger partial charge in [0.25, 0.3) is 0 Å². The molecule has 41 heavy (non-hydrogen) atoms. The first kappa shape index (κ1) is 28.0. The van der Waals surface area contributed by atoms with E-state index >= 15 is 0 Å². The number of ether oxygens (including phenoxy) is 1. The molecule has 5 N–H and O–H groups in total. The molecule has 5 rings (SSSR count). The van der Waals surface area contributed by atoms with Gasteiger partial charge in [-0.2, -0.15) is 4.72 Å². The average molecular weight is 572 g/mol. The second-order valence-corrected chi connectivity index (χ2v) is 11.5. The number of esters is 2. The minimum absolute atomic E-state index is 0.0818. The third-order valence-corrected chi connectivity index (χ3v) is 8.08. The van der Waals surface area contributed by atoms with Gasteiger partial charge in [0.15, 0.2) is 5.66 Å². The van der Waals surface area contributed by atoms with Crippen LogP contribution in [0.3, 0.4) is 0 Å². The van der Waals surface area contributed by atoms with Gasteiger partial charge < -0.3 is 21.1 Å². The standard InChI is InChI=1S/C30H29N5O5S/c1-30(31,35-41(38,39)25-10-3-2-4-11-25)29(37)40-28(36)22-14-12-20(13-15-22)23-7-5-9-24(19-23)33-26-17-16-21-8-6-18-32-27(21)34-26/h2-5,7,9-17,19,35H,6,8,18,31H2,1H3,(H2,32,33,34)/t30-/m0/s1. The monoisotopic (exact) mass is 571 g/mol. The molecule has 1 aromatic heterocycles. The molecule has 0 aliphatic carbocycles. The van der Waals surface area contributed by atoms with Crippen LogP contribution >= 0.6 is 0 Å². The number of aromatic nitrogens is 1. The first-order valence-corrected chi connectivity index (χ1v) is 14.4. The lowest BCUT2D eigenvalue weighted by atomic mass is 10.0. The Labute approximate surface area is 238 Å². The molecular weight excluding hydrogens is 542 g/mol. The molecular formula is C30H29N5O5S. The van der Waals surface area contributed by atoms with Gasteiger partial charge in [0, 0.05) is 12.2 Å². The SMILES string of the molecule is C[C@](N)(NS(=O)(=O)c1ccccc1)C(=O)OC(=O)c1ccc(-c2cccc(Nc3ccc4c(n3)NCCC4)c2)cc1. The summed E-state index contributed by atoms with van der Waals surface area (Å²) in [5.41, 5.74) is 7.58. The van der Waals surface area contributed by atoms with E-state index in [4.69, 9.17) is 10.5 Å². The smallest absolute Gasteiger partial charge is 0.349 e. The number of hydrogen-bond acceptors (Lipinski definition) is 9. The van der Waals surface area contributed by atoms with Crippen molar-refractivity contribution in [1.29, 1.82) is 0 Å². The first-order chi connectivity index (χ1) is 19.6. The number of hydrogen-bond donors (Lipinski definition) is 4. The minimum atomic E-state index is -4.13. The van der Waals surface area contributed by atoms with Gasteiger partial charge in [-0.1, -0.05) is 48.5 Å². The van der Waals surface area contributed by atoms with Crippen LogP contribution in [0.1, 0.15) is 29.3 Å². The summed E-state index contributed by atoms with van der Waals surface area (Å²) in [5.74, 6) is -0.562. The number of anilines is 3. The van der Waals surface area contributed by atoms with Gasteiger partial charge >= 0.3 is 11.9 Å². The maximum atomic E-state index is 12.6. The lowest BCUT2D eigenvalue weighted by Gasteiger charge is -2.23. The predicted molar refractivity (Wildman–Crippen MR) is 156 cm³/mol. The van der Waals surface area contributed by atoms with Crippen molar-refractivity contribution < 1.29 is 22.7 Å². The summed E-state index contributed by atoms with van der Waals surface area (Å²) >= 11 is 0. The highest BCUT2D eigenvalue weighted by Crippen LogP contribution is 2.27. The zero-order chi connectivity index (χ0) is 29.0. The molecule has 0 bridgehead atoms. The third kappa shape index (κ3) is 6.60. The number of carbonyl (C=O) groups is 2. The molecule has 0 radical (unpaired) electrons. The second-order valence-electron chi connectivity index (χ2n) is 9.82. The summed E-state index contributed by atoms with van der Waals surface area (Å²) in [6, 6.07) is 25.7. The highest BCUT2D eigenvalue weighted by atomic mass is 32.2. The van der Waals surface area contributed by atoms with Gasteiger partial charge in [-0.15, -0.1) is 0 Å². The topological polar surface area (TPSA) is 153 Å². The van der Waals surface area contributed by atoms with Gasteiger partial charge in [0.2, 0.25) is 10.0 Å². The van der Waals surface area contributed by atoms with E-state index in [0.717, 1.165) is 54.8 Å². The van der Waals surface area contributed by atoms with Crippen LogP contribution in [-0.4, -0.2) is 37.5 Å². The Balaban J connectivity index is 1.23. The van der Waals surface area contributed by atoms with Gasteiger partial charge in [0.05, 0.1) is 10.5 Å². The van der Waals surface area contributed by atoms with E-state index in [9.17, 15) is 18.0 Å². The number of fused-ring (bicyclic) bond motifs is 1. The van der Waals surface area contributed by atoms with Crippen molar-refractivity contribution in [3.63, 3.8) is 0 Å². The van der Waals surface area contributed by atoms with E-state index in [1.54, 1.807) is 18.2 Å². The molecule has 1 aliphatic rings. The third-order valence-electron chi connectivity index (χ3n) is 6.49. The maximum absolute atomic E-state index is 12.6. The molecule has 11 heteroatoms. The summed E-state index contributed by atoms with van der Waals surface area (Å²) in [7, 11) is -4.13. The number of benzene rings is 3. The number of nitrogens with zero attached hydrogens (tertiary/aromatic N) is 1. The number of pyridine rings is 1. The molecule has 10 nitrogen and oxygen atoms in total. The van der Waals surface area contributed by atoms with E-state index in [2.05, 4.69) is 26.4 Å². The van der Waals surface area contributed by atoms with Crippen LogP contribution in [0.5, 0.6) is 0 Å². The van der Waals surface area contributed by atoms with Gasteiger partial charge in [-0.3, -0.25) is 0 Å². The highest BCUT2D eigenvalue weighted by Gasteiger charge is 2.37. The zero-order valence-electron chi connectivity index (χ0n) is 22.3. The van der Waals surface area contributed by atoms with Gasteiger partial charge in [-0.05, 0) is 78.9 Å². The van der Waals surface area contributed by atoms with Crippen molar-refractivity contribution in [2.24, 2.45) is 5.73 Å². The number of nitrogens with two attached hydrogens (primary N) is 1. The highest BCUT2D eigenvalue weighted by molar-refractivity contribution is 7.89. The van der Waals surface area contributed by atoms with Crippen molar-refractivity contribution >= 4 is 39.3 Å². The molecule has 3 aromatic carbocycles. The van der Waals surface area contributed by atoms with Crippen molar-refractivity contribution in [2.75, 3.05) is 17.2 Å². The summed E-state index contributed by atoms with van der Waals surface area (Å²) in [6.07, 6.45) is 2.11. The van der Waals surface area contributed by atoms with Crippen LogP contribution in [0.2, 0.25) is 0 Å². The fourth-order valence-electron chi connectivity index (χ4n) is 4.35. The van der Waals surface area contributed by atoms with E-state index in [1.807, 2.05) is 30.3 Å². The van der Waals surface area contributed by atoms with Gasteiger partial charge in [-0.25, -0.2) is 23.0 Å². The van der Waals surface area contributed by atoms with Crippen LogP contribution in [0, 0.1) is 0 Å². The lowest BCUT2D eigenvalue weighted by molar-refractivity contribution is -0.144. The van der Waals surface area contributed by atoms with E-state index in [0.29, 0.717) is 0 Å². The first-order valence-electron chi connectivity index (χ1n) is 13.0. The molecule has 2 heterocycles. The molecule has 210 valence electrons. The van der Waals surface area contributed by atoms with E-state index in [1.165, 1.54) is 42.0 Å². The number of carbonyl (C=O) groups excluding carboxylic acids is 2. The molecule has 0 spiro atoms. The van der Waals surface area contributed by atoms with Crippen LogP contribution in [0.4, 0.5) is 17.3 Å². The number of sulfonamides is 1. The molecule has 0 fully saturated rings. The van der Waals surface area contributed by atoms with Crippen LogP contribution < -0.4 is 21.1 Å². The Morgan fingerprint density at radius 3 is 2.46 bits per heavy atom. The number of rotatable bonds is 8. The maximum Gasteiger partial charge on any atom is 0.349 e. The summed E-state index contributed by atoms with van der Waals surface area (Å²) in [5, 5.41) is 6.66. The predicted octanol–water partition coefficient (Wildman–Crippen LogP) is 4.19. The number of aryl methyl sites for hydroxylation is 1. The molecule has 0 saturated heterocycles. The molecule has 0 unspecified atom stereocenters. The quantitative estimate of drug-likeness (QED) is 0.139. The average Bonchev–Trinajstić information content (AvgIpc) is 2.97. The van der Waals surface area contributed by atoms with Crippen molar-refractivity contribution in [3.8, 4) is 11.1 Å². The Morgan fingerprint density at radius 2 is 1.71 bits per heavy atom. The normalized spacial score (nSPS) is 14.2. The fourth-order valence-corrected chi connectivity index (χ4v) is 5.62. The molecule has 0 amide bonds. The van der Waals surface area contributed by atoms with Crippen molar-refractivity contribution in [3.05, 3.63) is 102 Å². The molecule has 4 aromatic rings. The lowest BCUT2D eigenvalue weighted by Crippen LogP contribution is -2.60. The Morgan fingerprint density at radius 1 is 0.951 bits per heavy atom. The largest absolute Gasteiger partial charge is 0.387 e. The summed E-state index contributed by atoms with van der Waals surface area (Å²) in [6.45, 7) is 2.03. The zero-order valence-corrected chi connectivity index (χ0v) is 23.1. The summed E-state index contributed by atoms with van der Waals surface area (Å²) in [4.78, 5) is 29.8. The molecule has 1 atom stereocenters. The van der Waals surface area contributed by atoms with Crippen LogP contribution in [0.15, 0.2) is 95.9 Å². The van der Waals surface area contributed by atoms with Crippen molar-refractivity contribution in [2.45, 2.75) is 30.3 Å². The van der Waals surface area contributed by atoms with Crippen LogP contribution in [-0.2, 0) is 26.0 Å². The summed E-state index contributed by atoms with van der Waals surface area (Å²) < 4.78 is 32.1. The van der Waals surface area contributed by atoms with Crippen LogP contribution in [0.25, 0.3) is 11.1 Å². The molecule has 1 aliphatic heterocycles. The Bertz CT molecular complexity index is 1690. The van der Waals surface area contributed by atoms with Crippen molar-refractivity contribution in [1.82, 2.24) is 9.71 Å². The minimum Gasteiger partial charge on any atom is -0.387 e. The van der Waals surface area contributed by atoms with E-state index in [-0.39, 0.29) is 10.5 Å². The Hall–Kier alpha value is -4.58. The van der Waals surface area contributed by atoms with Gasteiger partial charge in [0.1, 0.15) is 11.6 Å². The fraction of sp³-hybridized carbons (Fsp3) is 0.167. The Kier molecular flexibility index (Phi) is 7.84. The number of nitrogens with one attached hydrogen (secondary N) is 3. The van der Waals surface area contributed by atoms with E-state index < -0.39 is 27.6 Å². The molecule has 0 saturated carbocycles.